The first-order valence-corrected chi connectivity index (χ1v) is 15.5. The lowest BCUT2D eigenvalue weighted by Gasteiger charge is -2.22. The molecule has 0 saturated carbocycles. The van der Waals surface area contributed by atoms with E-state index in [1.165, 1.54) is 30.4 Å². The molecule has 1 heterocycles. The highest BCUT2D eigenvalue weighted by molar-refractivity contribution is 6.13. The maximum atomic E-state index is 12.7. The number of ether oxygens (including phenoxy) is 5. The van der Waals surface area contributed by atoms with Crippen LogP contribution in [-0.2, 0) is 38.1 Å². The van der Waals surface area contributed by atoms with Gasteiger partial charge in [-0.1, -0.05) is 0 Å². The van der Waals surface area contributed by atoms with Crippen LogP contribution in [0.25, 0.3) is 0 Å². The highest BCUT2D eigenvalue weighted by atomic mass is 16.6. The van der Waals surface area contributed by atoms with E-state index in [4.69, 9.17) is 23.7 Å². The topological polar surface area (TPSA) is 200 Å². The molecule has 16 heteroatoms. The molecule has 0 unspecified atom stereocenters. The van der Waals surface area contributed by atoms with Crippen molar-refractivity contribution >= 4 is 47.2 Å². The fourth-order valence-electron chi connectivity index (χ4n) is 3.82. The maximum Gasteiger partial charge on any atom is 0.412 e. The number of amides is 6. The Bertz CT molecular complexity index is 1300. The Morgan fingerprint density at radius 2 is 1.15 bits per heavy atom. The molecule has 2 rings (SSSR count). The van der Waals surface area contributed by atoms with E-state index >= 15 is 0 Å². The molecule has 0 spiro atoms. The monoisotopic (exact) mass is 677 g/mol. The zero-order valence-electron chi connectivity index (χ0n) is 28.4. The second-order valence-electron chi connectivity index (χ2n) is 12.4. The summed E-state index contributed by atoms with van der Waals surface area (Å²) in [5, 5.41) is 10.5. The molecule has 1 aromatic rings. The van der Waals surface area contributed by atoms with E-state index in [2.05, 4.69) is 21.3 Å². The summed E-state index contributed by atoms with van der Waals surface area (Å²) in [4.78, 5) is 73.3. The van der Waals surface area contributed by atoms with Gasteiger partial charge in [-0.15, -0.1) is 0 Å². The van der Waals surface area contributed by atoms with Crippen molar-refractivity contribution in [2.45, 2.75) is 59.2 Å². The highest BCUT2D eigenvalue weighted by Gasteiger charge is 2.24. The van der Waals surface area contributed by atoms with Crippen molar-refractivity contribution in [1.82, 2.24) is 15.5 Å². The summed E-state index contributed by atoms with van der Waals surface area (Å²) in [5.74, 6) is -1.56. The SMILES string of the molecule is CC(C)(C)OC(=O)Nc1ccc(C(=O)NCCOCCOCCOCCNC(=O)CCN2C(=O)C=CC2=O)cc1NC(=O)OC(C)(C)C. The van der Waals surface area contributed by atoms with Gasteiger partial charge in [-0.2, -0.15) is 0 Å². The molecule has 0 bridgehead atoms. The Labute approximate surface area is 280 Å². The van der Waals surface area contributed by atoms with Crippen LogP contribution in [0.5, 0.6) is 0 Å². The van der Waals surface area contributed by atoms with Crippen LogP contribution in [-0.4, -0.2) is 111 Å². The Morgan fingerprint density at radius 3 is 1.67 bits per heavy atom. The Morgan fingerprint density at radius 1 is 0.667 bits per heavy atom. The van der Waals surface area contributed by atoms with Crippen molar-refractivity contribution in [3.05, 3.63) is 35.9 Å². The first kappa shape index (κ1) is 39.6. The second kappa shape index (κ2) is 19.3. The fourth-order valence-corrected chi connectivity index (χ4v) is 3.82. The molecule has 0 saturated heterocycles. The largest absolute Gasteiger partial charge is 0.444 e. The fraction of sp³-hybridized carbons (Fsp3) is 0.562. The van der Waals surface area contributed by atoms with Gasteiger partial charge < -0.3 is 34.3 Å². The summed E-state index contributed by atoms with van der Waals surface area (Å²) in [6, 6.07) is 4.38. The van der Waals surface area contributed by atoms with E-state index in [1.54, 1.807) is 41.5 Å². The van der Waals surface area contributed by atoms with Crippen LogP contribution in [0.15, 0.2) is 30.4 Å². The minimum Gasteiger partial charge on any atom is -0.444 e. The third kappa shape index (κ3) is 16.3. The molecule has 0 radical (unpaired) electrons. The molecular formula is C32H47N5O11. The number of hydrogen-bond donors (Lipinski definition) is 4. The van der Waals surface area contributed by atoms with E-state index in [9.17, 15) is 28.8 Å². The number of hydrogen-bond acceptors (Lipinski definition) is 11. The van der Waals surface area contributed by atoms with E-state index in [1.807, 2.05) is 0 Å². The molecule has 0 fully saturated rings. The Kier molecular flexibility index (Phi) is 16.0. The quantitative estimate of drug-likeness (QED) is 0.132. The molecule has 48 heavy (non-hydrogen) atoms. The smallest absolute Gasteiger partial charge is 0.412 e. The number of nitrogens with one attached hydrogen (secondary N) is 4. The highest BCUT2D eigenvalue weighted by Crippen LogP contribution is 2.25. The van der Waals surface area contributed by atoms with Gasteiger partial charge in [0.2, 0.25) is 5.91 Å². The van der Waals surface area contributed by atoms with Crippen molar-refractivity contribution in [2.75, 3.05) is 69.9 Å². The third-order valence-electron chi connectivity index (χ3n) is 5.86. The van der Waals surface area contributed by atoms with Crippen LogP contribution >= 0.6 is 0 Å². The lowest BCUT2D eigenvalue weighted by Crippen LogP contribution is -2.35. The van der Waals surface area contributed by atoms with Gasteiger partial charge >= 0.3 is 12.2 Å². The first-order chi connectivity index (χ1) is 22.5. The Hall–Kier alpha value is -4.54. The van der Waals surface area contributed by atoms with Crippen molar-refractivity contribution in [2.24, 2.45) is 0 Å². The van der Waals surface area contributed by atoms with E-state index in [-0.39, 0.29) is 62.1 Å². The van der Waals surface area contributed by atoms with Crippen LogP contribution < -0.4 is 21.3 Å². The summed E-state index contributed by atoms with van der Waals surface area (Å²) in [5.41, 5.74) is -0.914. The number of carbonyl (C=O) groups excluding carboxylic acids is 6. The number of imide groups is 1. The lowest BCUT2D eigenvalue weighted by atomic mass is 10.1. The van der Waals surface area contributed by atoms with E-state index in [0.717, 1.165) is 4.90 Å². The average molecular weight is 678 g/mol. The molecule has 0 atom stereocenters. The summed E-state index contributed by atoms with van der Waals surface area (Å²) in [6.45, 7) is 12.5. The predicted molar refractivity (Wildman–Crippen MR) is 174 cm³/mol. The van der Waals surface area contributed by atoms with Crippen LogP contribution in [0.1, 0.15) is 58.3 Å². The molecule has 1 aliphatic heterocycles. The van der Waals surface area contributed by atoms with Crippen molar-refractivity contribution in [3.8, 4) is 0 Å². The normalized spacial score (nSPS) is 12.9. The molecule has 0 aliphatic carbocycles. The van der Waals surface area contributed by atoms with E-state index < -0.39 is 41.1 Å². The van der Waals surface area contributed by atoms with Gasteiger partial charge in [-0.3, -0.25) is 34.7 Å². The van der Waals surface area contributed by atoms with Gasteiger partial charge in [0.1, 0.15) is 11.2 Å². The van der Waals surface area contributed by atoms with Crippen molar-refractivity contribution in [1.29, 1.82) is 0 Å². The van der Waals surface area contributed by atoms with Gasteiger partial charge in [-0.25, -0.2) is 9.59 Å². The number of carbonyl (C=O) groups is 6. The molecule has 266 valence electrons. The summed E-state index contributed by atoms with van der Waals surface area (Å²) < 4.78 is 26.9. The maximum absolute atomic E-state index is 12.7. The number of benzene rings is 1. The summed E-state index contributed by atoms with van der Waals surface area (Å²) in [7, 11) is 0. The minimum absolute atomic E-state index is 0.0163. The standard InChI is InChI=1S/C32H47N5O11/c1-31(2,3)47-29(42)35-23-8-7-22(21-24(23)36-30(43)48-32(4,5)6)28(41)34-13-16-45-18-20-46-19-17-44-15-12-33-25(38)11-14-37-26(39)9-10-27(37)40/h7-10,21H,11-20H2,1-6H3,(H,33,38)(H,34,41)(H,35,42)(H,36,43). The minimum atomic E-state index is -0.764. The summed E-state index contributed by atoms with van der Waals surface area (Å²) in [6.07, 6.45) is 0.869. The molecular weight excluding hydrogens is 630 g/mol. The lowest BCUT2D eigenvalue weighted by molar-refractivity contribution is -0.137. The molecule has 4 N–H and O–H groups in total. The summed E-state index contributed by atoms with van der Waals surface area (Å²) >= 11 is 0. The second-order valence-corrected chi connectivity index (χ2v) is 12.4. The molecule has 0 aromatic heterocycles. The molecule has 1 aromatic carbocycles. The van der Waals surface area contributed by atoms with Gasteiger partial charge in [0.15, 0.2) is 0 Å². The third-order valence-corrected chi connectivity index (χ3v) is 5.86. The van der Waals surface area contributed by atoms with Gasteiger partial charge in [0, 0.05) is 43.8 Å². The molecule has 6 amide bonds. The number of nitrogens with zero attached hydrogens (tertiary/aromatic N) is 1. The molecule has 1 aliphatic rings. The van der Waals surface area contributed by atoms with Crippen LogP contribution in [0, 0.1) is 0 Å². The van der Waals surface area contributed by atoms with Crippen LogP contribution in [0.2, 0.25) is 0 Å². The van der Waals surface area contributed by atoms with Gasteiger partial charge in [0.05, 0.1) is 51.0 Å². The number of anilines is 2. The zero-order chi connectivity index (χ0) is 35.7. The zero-order valence-corrected chi connectivity index (χ0v) is 28.4. The van der Waals surface area contributed by atoms with Crippen molar-refractivity contribution in [3.63, 3.8) is 0 Å². The first-order valence-electron chi connectivity index (χ1n) is 15.5. The molecule has 16 nitrogen and oxygen atoms in total. The van der Waals surface area contributed by atoms with Crippen molar-refractivity contribution < 1.29 is 52.5 Å². The average Bonchev–Trinajstić information content (AvgIpc) is 3.29. The van der Waals surface area contributed by atoms with Crippen LogP contribution in [0.3, 0.4) is 0 Å². The predicted octanol–water partition coefficient (Wildman–Crippen LogP) is 2.59. The Balaban J connectivity index is 1.62. The van der Waals surface area contributed by atoms with Crippen LogP contribution in [0.4, 0.5) is 21.0 Å². The van der Waals surface area contributed by atoms with E-state index in [0.29, 0.717) is 26.4 Å². The number of rotatable bonds is 18. The van der Waals surface area contributed by atoms with Gasteiger partial charge in [-0.05, 0) is 59.7 Å². The van der Waals surface area contributed by atoms with Gasteiger partial charge in [0.25, 0.3) is 17.7 Å².